The van der Waals surface area contributed by atoms with E-state index in [0.29, 0.717) is 18.0 Å². The molecule has 0 bridgehead atoms. The van der Waals surface area contributed by atoms with E-state index in [1.165, 1.54) is 11.8 Å². The van der Waals surface area contributed by atoms with Crippen LogP contribution in [-0.4, -0.2) is 46.3 Å². The van der Waals surface area contributed by atoms with Crippen LogP contribution in [0.15, 0.2) is 65.8 Å². The van der Waals surface area contributed by atoms with Gasteiger partial charge in [-0.3, -0.25) is 4.79 Å². The first-order chi connectivity index (χ1) is 15.4. The summed E-state index contributed by atoms with van der Waals surface area (Å²) in [5.41, 5.74) is 2.04. The lowest BCUT2D eigenvalue weighted by molar-refractivity contribution is -0.119. The van der Waals surface area contributed by atoms with Crippen molar-refractivity contribution in [3.05, 3.63) is 77.6 Å². The monoisotopic (exact) mass is 470 g/mol. The molecule has 1 atom stereocenters. The molecule has 2 heterocycles. The van der Waals surface area contributed by atoms with Gasteiger partial charge in [-0.1, -0.05) is 72.4 Å². The van der Waals surface area contributed by atoms with Crippen LogP contribution in [0, 0.1) is 5.92 Å². The Morgan fingerprint density at radius 3 is 2.28 bits per heavy atom. The summed E-state index contributed by atoms with van der Waals surface area (Å²) < 4.78 is 25.3. The molecule has 3 aromatic rings. The lowest BCUT2D eigenvalue weighted by atomic mass is 9.99. The second kappa shape index (κ2) is 9.87. The molecule has 0 saturated carbocycles. The molecule has 7 nitrogen and oxygen atoms in total. The molecule has 0 radical (unpaired) electrons. The largest absolute Gasteiger partial charge is 0.344 e. The Bertz CT molecular complexity index is 1120. The Balaban J connectivity index is 1.38. The van der Waals surface area contributed by atoms with Gasteiger partial charge in [-0.15, -0.1) is 10.2 Å². The van der Waals surface area contributed by atoms with E-state index in [0.717, 1.165) is 17.0 Å². The van der Waals surface area contributed by atoms with Gasteiger partial charge in [-0.2, -0.15) is 0 Å². The molecule has 1 N–H and O–H groups in total. The Hall–Kier alpha value is -2.65. The lowest BCUT2D eigenvalue weighted by Crippen LogP contribution is -2.30. The zero-order chi connectivity index (χ0) is 22.6. The minimum atomic E-state index is -2.92. The number of amides is 1. The highest BCUT2D eigenvalue weighted by molar-refractivity contribution is 7.99. The predicted molar refractivity (Wildman–Crippen MR) is 125 cm³/mol. The minimum absolute atomic E-state index is 0.0848. The van der Waals surface area contributed by atoms with Crippen LogP contribution in [0.4, 0.5) is 0 Å². The number of thioether (sulfide) groups is 1. The normalized spacial score (nSPS) is 17.5. The van der Waals surface area contributed by atoms with Crippen LogP contribution in [-0.2, 0) is 28.1 Å². The molecule has 1 saturated heterocycles. The van der Waals surface area contributed by atoms with Gasteiger partial charge >= 0.3 is 0 Å². The molecule has 1 aliphatic heterocycles. The van der Waals surface area contributed by atoms with Gasteiger partial charge in [0.05, 0.1) is 23.3 Å². The summed E-state index contributed by atoms with van der Waals surface area (Å²) in [7, 11) is -1.06. The molecule has 1 fully saturated rings. The third-order valence-corrected chi connectivity index (χ3v) is 8.48. The van der Waals surface area contributed by atoms with E-state index in [4.69, 9.17) is 0 Å². The van der Waals surface area contributed by atoms with Crippen molar-refractivity contribution in [3.8, 4) is 0 Å². The third kappa shape index (κ3) is 5.58. The first-order valence-corrected chi connectivity index (χ1v) is 13.3. The van der Waals surface area contributed by atoms with Crippen LogP contribution in [0.1, 0.15) is 29.4 Å². The maximum absolute atomic E-state index is 12.8. The second-order valence-corrected chi connectivity index (χ2v) is 11.2. The number of hydrogen-bond donors (Lipinski definition) is 1. The number of benzene rings is 2. The maximum atomic E-state index is 12.8. The molecule has 0 spiro atoms. The first kappa shape index (κ1) is 22.5. The number of aromatic nitrogens is 3. The summed E-state index contributed by atoms with van der Waals surface area (Å²) in [5, 5.41) is 12.2. The molecular weight excluding hydrogens is 444 g/mol. The van der Waals surface area contributed by atoms with Gasteiger partial charge in [-0.05, 0) is 23.5 Å². The van der Waals surface area contributed by atoms with E-state index in [1.54, 1.807) is 0 Å². The fraction of sp³-hybridized carbons (Fsp3) is 0.348. The SMILES string of the molecule is Cn1c(CC2CCS(=O)(=O)C2)nnc1SCC(=O)NC(c1ccccc1)c1ccccc1. The lowest BCUT2D eigenvalue weighted by Gasteiger charge is -2.19. The second-order valence-electron chi connectivity index (χ2n) is 8.04. The van der Waals surface area contributed by atoms with Gasteiger partial charge in [0.1, 0.15) is 5.82 Å². The van der Waals surface area contributed by atoms with Gasteiger partial charge in [0.2, 0.25) is 5.91 Å². The van der Waals surface area contributed by atoms with Gasteiger partial charge in [0.15, 0.2) is 15.0 Å². The number of sulfone groups is 1. The molecule has 1 amide bonds. The summed E-state index contributed by atoms with van der Waals surface area (Å²) in [6.45, 7) is 0. The maximum Gasteiger partial charge on any atom is 0.231 e. The van der Waals surface area contributed by atoms with E-state index in [9.17, 15) is 13.2 Å². The smallest absolute Gasteiger partial charge is 0.231 e. The van der Waals surface area contributed by atoms with Crippen molar-refractivity contribution in [2.45, 2.75) is 24.0 Å². The number of carbonyl (C=O) groups excluding carboxylic acids is 1. The zero-order valence-corrected chi connectivity index (χ0v) is 19.5. The number of hydrogen-bond acceptors (Lipinski definition) is 6. The van der Waals surface area contributed by atoms with Crippen molar-refractivity contribution >= 4 is 27.5 Å². The highest BCUT2D eigenvalue weighted by Crippen LogP contribution is 2.25. The standard InChI is InChI=1S/C23H26N4O3S2/c1-27-20(14-17-12-13-32(29,30)16-17)25-26-23(27)31-15-21(28)24-22(18-8-4-2-5-9-18)19-10-6-3-7-11-19/h2-11,17,22H,12-16H2,1H3,(H,24,28). The van der Waals surface area contributed by atoms with Crippen molar-refractivity contribution in [2.75, 3.05) is 17.3 Å². The van der Waals surface area contributed by atoms with Crippen molar-refractivity contribution in [1.29, 1.82) is 0 Å². The van der Waals surface area contributed by atoms with Crippen molar-refractivity contribution < 1.29 is 13.2 Å². The average molecular weight is 471 g/mol. The summed E-state index contributed by atoms with van der Waals surface area (Å²) in [5.74, 6) is 1.41. The highest BCUT2D eigenvalue weighted by Gasteiger charge is 2.29. The molecule has 1 unspecified atom stereocenters. The number of carbonyl (C=O) groups is 1. The molecule has 2 aromatic carbocycles. The Labute approximate surface area is 192 Å². The number of nitrogens with one attached hydrogen (secondary N) is 1. The summed E-state index contributed by atoms with van der Waals surface area (Å²) in [6.07, 6.45) is 1.25. The Morgan fingerprint density at radius 1 is 1.09 bits per heavy atom. The van der Waals surface area contributed by atoms with E-state index in [1.807, 2.05) is 72.3 Å². The van der Waals surface area contributed by atoms with Crippen LogP contribution in [0.25, 0.3) is 0 Å². The van der Waals surface area contributed by atoms with Crippen LogP contribution in [0.3, 0.4) is 0 Å². The van der Waals surface area contributed by atoms with Crippen molar-refractivity contribution in [3.63, 3.8) is 0 Å². The van der Waals surface area contributed by atoms with E-state index in [2.05, 4.69) is 15.5 Å². The van der Waals surface area contributed by atoms with Gasteiger partial charge in [-0.25, -0.2) is 8.42 Å². The highest BCUT2D eigenvalue weighted by atomic mass is 32.2. The van der Waals surface area contributed by atoms with Crippen molar-refractivity contribution in [2.24, 2.45) is 13.0 Å². The zero-order valence-electron chi connectivity index (χ0n) is 17.8. The minimum Gasteiger partial charge on any atom is -0.344 e. The molecule has 4 rings (SSSR count). The summed E-state index contributed by atoms with van der Waals surface area (Å²) >= 11 is 1.33. The van der Waals surface area contributed by atoms with E-state index in [-0.39, 0.29) is 35.1 Å². The quantitative estimate of drug-likeness (QED) is 0.509. The van der Waals surface area contributed by atoms with Crippen LogP contribution < -0.4 is 5.32 Å². The van der Waals surface area contributed by atoms with Crippen LogP contribution in [0.5, 0.6) is 0 Å². The van der Waals surface area contributed by atoms with Crippen LogP contribution >= 0.6 is 11.8 Å². The number of rotatable bonds is 8. The molecule has 168 valence electrons. The van der Waals surface area contributed by atoms with Gasteiger partial charge in [0, 0.05) is 13.5 Å². The van der Waals surface area contributed by atoms with E-state index < -0.39 is 9.84 Å². The van der Waals surface area contributed by atoms with Crippen LogP contribution in [0.2, 0.25) is 0 Å². The fourth-order valence-corrected chi connectivity index (χ4v) is 6.53. The molecule has 32 heavy (non-hydrogen) atoms. The third-order valence-electron chi connectivity index (χ3n) is 5.63. The Kier molecular flexibility index (Phi) is 6.95. The Morgan fingerprint density at radius 2 is 1.72 bits per heavy atom. The molecule has 1 aromatic heterocycles. The average Bonchev–Trinajstić information content (AvgIpc) is 3.33. The summed E-state index contributed by atoms with van der Waals surface area (Å²) in [6, 6.07) is 19.5. The molecule has 9 heteroatoms. The molecule has 1 aliphatic rings. The number of nitrogens with zero attached hydrogens (tertiary/aromatic N) is 3. The van der Waals surface area contributed by atoms with Gasteiger partial charge < -0.3 is 9.88 Å². The van der Waals surface area contributed by atoms with Crippen molar-refractivity contribution in [1.82, 2.24) is 20.1 Å². The topological polar surface area (TPSA) is 93.9 Å². The molecule has 0 aliphatic carbocycles. The first-order valence-electron chi connectivity index (χ1n) is 10.5. The fourth-order valence-electron chi connectivity index (χ4n) is 3.92. The van der Waals surface area contributed by atoms with Gasteiger partial charge in [0.25, 0.3) is 0 Å². The van der Waals surface area contributed by atoms with E-state index >= 15 is 0 Å². The summed E-state index contributed by atoms with van der Waals surface area (Å²) in [4.78, 5) is 12.8. The predicted octanol–water partition coefficient (Wildman–Crippen LogP) is 2.79. The molecular formula is C23H26N4O3S2.